The molecule has 2 heteroatoms. The first-order chi connectivity index (χ1) is 10.3. The summed E-state index contributed by atoms with van der Waals surface area (Å²) in [6.07, 6.45) is 4.30. The Morgan fingerprint density at radius 2 is 1.81 bits per heavy atom. The van der Waals surface area contributed by atoms with Gasteiger partial charge in [-0.1, -0.05) is 55.3 Å². The van der Waals surface area contributed by atoms with Gasteiger partial charge < -0.3 is 5.32 Å². The first kappa shape index (κ1) is 13.6. The third kappa shape index (κ3) is 2.18. The molecule has 3 unspecified atom stereocenters. The number of rotatable bonds is 4. The lowest BCUT2D eigenvalue weighted by Crippen LogP contribution is -2.24. The van der Waals surface area contributed by atoms with Crippen LogP contribution in [0.4, 0.5) is 0 Å². The normalized spacial score (nSPS) is 28.6. The van der Waals surface area contributed by atoms with Crippen molar-refractivity contribution in [2.45, 2.75) is 32.2 Å². The molecule has 21 heavy (non-hydrogen) atoms. The molecule has 0 aliphatic heterocycles. The molecule has 0 radical (unpaired) electrons. The van der Waals surface area contributed by atoms with Gasteiger partial charge in [0.25, 0.3) is 0 Å². The molecule has 2 aromatic carbocycles. The molecular weight excluding hydrogens is 278 g/mol. The van der Waals surface area contributed by atoms with Crippen molar-refractivity contribution in [1.29, 1.82) is 0 Å². The Balaban J connectivity index is 1.78. The summed E-state index contributed by atoms with van der Waals surface area (Å²) in [5.41, 5.74) is 1.44. The zero-order valence-corrected chi connectivity index (χ0v) is 13.2. The topological polar surface area (TPSA) is 12.0 Å². The molecule has 2 aliphatic carbocycles. The Kier molecular flexibility index (Phi) is 3.43. The van der Waals surface area contributed by atoms with Crippen LogP contribution in [0.5, 0.6) is 0 Å². The number of benzene rings is 2. The highest BCUT2D eigenvalue weighted by Gasteiger charge is 2.56. The molecule has 1 nitrogen and oxygen atoms in total. The highest BCUT2D eigenvalue weighted by Crippen LogP contribution is 2.62. The predicted molar refractivity (Wildman–Crippen MR) is 89.7 cm³/mol. The highest BCUT2D eigenvalue weighted by molar-refractivity contribution is 6.35. The summed E-state index contributed by atoms with van der Waals surface area (Å²) in [7, 11) is 0. The summed E-state index contributed by atoms with van der Waals surface area (Å²) in [6.45, 7) is 3.24. The molecule has 0 bridgehead atoms. The molecular formula is C19H22ClN. The van der Waals surface area contributed by atoms with Crippen LogP contribution in [0.25, 0.3) is 10.8 Å². The Bertz CT molecular complexity index is 656. The van der Waals surface area contributed by atoms with E-state index in [2.05, 4.69) is 48.6 Å². The van der Waals surface area contributed by atoms with Gasteiger partial charge in [0.1, 0.15) is 0 Å². The van der Waals surface area contributed by atoms with Crippen LogP contribution in [0, 0.1) is 17.8 Å². The zero-order chi connectivity index (χ0) is 14.4. The van der Waals surface area contributed by atoms with Gasteiger partial charge in [-0.25, -0.2) is 0 Å². The van der Waals surface area contributed by atoms with E-state index in [0.717, 1.165) is 29.3 Å². The molecule has 3 atom stereocenters. The molecule has 0 spiro atoms. The molecule has 2 saturated carbocycles. The van der Waals surface area contributed by atoms with Crippen molar-refractivity contribution >= 4 is 22.4 Å². The average Bonchev–Trinajstić information content (AvgIpc) is 2.97. The summed E-state index contributed by atoms with van der Waals surface area (Å²) in [6, 6.07) is 13.4. The van der Waals surface area contributed by atoms with Crippen LogP contribution in [0.1, 0.15) is 37.8 Å². The standard InChI is InChI=1S/C19H22ClN/c1-2-21-19(18-14-8-5-9-15(14)18)16-10-11-17(20)13-7-4-3-6-12(13)16/h3-4,6-7,10-11,14-15,18-19,21H,2,5,8-9H2,1H3. The molecule has 0 saturated heterocycles. The molecule has 1 N–H and O–H groups in total. The van der Waals surface area contributed by atoms with Crippen molar-refractivity contribution in [3.05, 3.63) is 47.0 Å². The smallest absolute Gasteiger partial charge is 0.0484 e. The zero-order valence-electron chi connectivity index (χ0n) is 12.5. The molecule has 110 valence electrons. The van der Waals surface area contributed by atoms with Crippen LogP contribution >= 0.6 is 11.6 Å². The van der Waals surface area contributed by atoms with E-state index in [9.17, 15) is 0 Å². The summed E-state index contributed by atoms with van der Waals surface area (Å²) in [5, 5.41) is 7.13. The van der Waals surface area contributed by atoms with Crippen molar-refractivity contribution in [1.82, 2.24) is 5.32 Å². The largest absolute Gasteiger partial charge is 0.310 e. The number of fused-ring (bicyclic) bond motifs is 2. The molecule has 2 fully saturated rings. The lowest BCUT2D eigenvalue weighted by atomic mass is 9.92. The average molecular weight is 300 g/mol. The minimum atomic E-state index is 0.493. The van der Waals surface area contributed by atoms with Crippen molar-refractivity contribution in [2.24, 2.45) is 17.8 Å². The van der Waals surface area contributed by atoms with Crippen molar-refractivity contribution < 1.29 is 0 Å². The second-order valence-electron chi connectivity index (χ2n) is 6.55. The number of hydrogen-bond acceptors (Lipinski definition) is 1. The number of halogens is 1. The van der Waals surface area contributed by atoms with Crippen LogP contribution in [0.15, 0.2) is 36.4 Å². The molecule has 2 aliphatic rings. The molecule has 4 rings (SSSR count). The van der Waals surface area contributed by atoms with Gasteiger partial charge in [0.05, 0.1) is 0 Å². The fraction of sp³-hybridized carbons (Fsp3) is 0.474. The van der Waals surface area contributed by atoms with E-state index in [-0.39, 0.29) is 0 Å². The maximum absolute atomic E-state index is 6.38. The van der Waals surface area contributed by atoms with Gasteiger partial charge in [-0.2, -0.15) is 0 Å². The molecule has 0 aromatic heterocycles. The van der Waals surface area contributed by atoms with Gasteiger partial charge in [-0.15, -0.1) is 0 Å². The Morgan fingerprint density at radius 1 is 1.10 bits per heavy atom. The van der Waals surface area contributed by atoms with Crippen LogP contribution in [-0.2, 0) is 0 Å². The van der Waals surface area contributed by atoms with Gasteiger partial charge in [-0.3, -0.25) is 0 Å². The van der Waals surface area contributed by atoms with Crippen LogP contribution in [0.3, 0.4) is 0 Å². The summed E-state index contributed by atoms with van der Waals surface area (Å²) < 4.78 is 0. The molecule has 0 heterocycles. The third-order valence-corrected chi connectivity index (χ3v) is 5.85. The van der Waals surface area contributed by atoms with Gasteiger partial charge in [0.15, 0.2) is 0 Å². The van der Waals surface area contributed by atoms with E-state index >= 15 is 0 Å². The monoisotopic (exact) mass is 299 g/mol. The maximum Gasteiger partial charge on any atom is 0.0484 e. The van der Waals surface area contributed by atoms with E-state index in [1.165, 1.54) is 35.6 Å². The molecule has 2 aromatic rings. The predicted octanol–water partition coefficient (Wildman–Crippen LogP) is 5.19. The fourth-order valence-corrected chi connectivity index (χ4v) is 4.83. The van der Waals surface area contributed by atoms with Gasteiger partial charge in [-0.05, 0) is 54.2 Å². The Labute approximate surface area is 131 Å². The minimum Gasteiger partial charge on any atom is -0.310 e. The highest BCUT2D eigenvalue weighted by atomic mass is 35.5. The van der Waals surface area contributed by atoms with Crippen LogP contribution in [-0.4, -0.2) is 6.54 Å². The lowest BCUT2D eigenvalue weighted by molar-refractivity contribution is 0.428. The van der Waals surface area contributed by atoms with Crippen LogP contribution < -0.4 is 5.32 Å². The summed E-state index contributed by atoms with van der Waals surface area (Å²) >= 11 is 6.38. The second-order valence-corrected chi connectivity index (χ2v) is 6.96. The first-order valence-electron chi connectivity index (χ1n) is 8.21. The van der Waals surface area contributed by atoms with E-state index in [0.29, 0.717) is 6.04 Å². The SMILES string of the molecule is CCNC(c1ccc(Cl)c2ccccc12)C1C2CCCC21. The lowest BCUT2D eigenvalue weighted by Gasteiger charge is -2.22. The quantitative estimate of drug-likeness (QED) is 0.819. The summed E-state index contributed by atoms with van der Waals surface area (Å²) in [4.78, 5) is 0. The molecule has 0 amide bonds. The number of hydrogen-bond donors (Lipinski definition) is 1. The van der Waals surface area contributed by atoms with Gasteiger partial charge in [0.2, 0.25) is 0 Å². The van der Waals surface area contributed by atoms with Gasteiger partial charge >= 0.3 is 0 Å². The third-order valence-electron chi connectivity index (χ3n) is 5.52. The van der Waals surface area contributed by atoms with Crippen molar-refractivity contribution in [2.75, 3.05) is 6.54 Å². The number of nitrogens with one attached hydrogen (secondary N) is 1. The van der Waals surface area contributed by atoms with E-state index in [4.69, 9.17) is 11.6 Å². The first-order valence-corrected chi connectivity index (χ1v) is 8.59. The van der Waals surface area contributed by atoms with Gasteiger partial charge in [0, 0.05) is 16.5 Å². The van der Waals surface area contributed by atoms with E-state index in [1.807, 2.05) is 0 Å². The van der Waals surface area contributed by atoms with Crippen LogP contribution in [0.2, 0.25) is 5.02 Å². The second kappa shape index (κ2) is 5.30. The fourth-order valence-electron chi connectivity index (χ4n) is 4.60. The maximum atomic E-state index is 6.38. The Morgan fingerprint density at radius 3 is 2.52 bits per heavy atom. The summed E-state index contributed by atoms with van der Waals surface area (Å²) in [5.74, 6) is 2.76. The van der Waals surface area contributed by atoms with Crippen molar-refractivity contribution in [3.63, 3.8) is 0 Å². The Hall–Kier alpha value is -1.05. The van der Waals surface area contributed by atoms with Crippen molar-refractivity contribution in [3.8, 4) is 0 Å². The van der Waals surface area contributed by atoms with E-state index < -0.39 is 0 Å². The van der Waals surface area contributed by atoms with E-state index in [1.54, 1.807) is 0 Å². The minimum absolute atomic E-state index is 0.493.